The van der Waals surface area contributed by atoms with Gasteiger partial charge in [0.05, 0.1) is 17.6 Å². The molecule has 6 heteroatoms. The van der Waals surface area contributed by atoms with Crippen LogP contribution in [0.15, 0.2) is 22.7 Å². The summed E-state index contributed by atoms with van der Waals surface area (Å²) in [5.74, 6) is 0.395. The zero-order chi connectivity index (χ0) is 13.7. The highest BCUT2D eigenvalue weighted by Gasteiger charge is 2.15. The molecule has 100 valence electrons. The topological polar surface area (TPSA) is 64.4 Å². The van der Waals surface area contributed by atoms with Gasteiger partial charge in [-0.05, 0) is 27.9 Å². The number of nitrogens with zero attached hydrogens (tertiary/aromatic N) is 1. The highest BCUT2D eigenvalue weighted by Crippen LogP contribution is 2.28. The van der Waals surface area contributed by atoms with Gasteiger partial charge in [0.2, 0.25) is 0 Å². The second-order valence-electron chi connectivity index (χ2n) is 4.37. The lowest BCUT2D eigenvalue weighted by Gasteiger charge is -2.23. The Bertz CT molecular complexity index is 424. The van der Waals surface area contributed by atoms with Gasteiger partial charge in [-0.3, -0.25) is 10.1 Å². The van der Waals surface area contributed by atoms with E-state index in [0.717, 1.165) is 5.69 Å². The van der Waals surface area contributed by atoms with Crippen molar-refractivity contribution in [2.24, 2.45) is 5.92 Å². The normalized spacial score (nSPS) is 12.5. The van der Waals surface area contributed by atoms with Crippen LogP contribution in [0.3, 0.4) is 0 Å². The molecule has 18 heavy (non-hydrogen) atoms. The van der Waals surface area contributed by atoms with E-state index in [4.69, 9.17) is 4.74 Å². The van der Waals surface area contributed by atoms with E-state index in [2.05, 4.69) is 35.1 Å². The highest BCUT2D eigenvalue weighted by atomic mass is 79.9. The van der Waals surface area contributed by atoms with Gasteiger partial charge in [0.15, 0.2) is 0 Å². The first-order valence-corrected chi connectivity index (χ1v) is 6.44. The number of halogens is 1. The lowest BCUT2D eigenvalue weighted by atomic mass is 10.1. The number of methoxy groups -OCH3 is 1. The number of hydrogen-bond acceptors (Lipinski definition) is 4. The summed E-state index contributed by atoms with van der Waals surface area (Å²) in [6.07, 6.45) is 0. The van der Waals surface area contributed by atoms with Crippen LogP contribution < -0.4 is 5.32 Å². The summed E-state index contributed by atoms with van der Waals surface area (Å²) >= 11 is 3.34. The standard InChI is InChI=1S/C12H17BrN2O3/c1-8(2)12(7-18-3)14-11-5-4-9(15(16)17)6-10(11)13/h4-6,8,12,14H,7H2,1-3H3. The van der Waals surface area contributed by atoms with Gasteiger partial charge in [-0.25, -0.2) is 0 Å². The van der Waals surface area contributed by atoms with Crippen molar-refractivity contribution in [1.82, 2.24) is 0 Å². The van der Waals surface area contributed by atoms with Gasteiger partial charge in [0.1, 0.15) is 0 Å². The van der Waals surface area contributed by atoms with Gasteiger partial charge >= 0.3 is 0 Å². The molecule has 1 aromatic carbocycles. The molecule has 1 N–H and O–H groups in total. The van der Waals surface area contributed by atoms with E-state index in [1.54, 1.807) is 13.2 Å². The van der Waals surface area contributed by atoms with Crippen LogP contribution in [-0.4, -0.2) is 24.7 Å². The van der Waals surface area contributed by atoms with Crippen LogP contribution in [0.25, 0.3) is 0 Å². The molecule has 1 rings (SSSR count). The average Bonchev–Trinajstić information content (AvgIpc) is 2.30. The van der Waals surface area contributed by atoms with E-state index in [1.165, 1.54) is 12.1 Å². The van der Waals surface area contributed by atoms with E-state index in [0.29, 0.717) is 17.0 Å². The highest BCUT2D eigenvalue weighted by molar-refractivity contribution is 9.10. The molecule has 0 heterocycles. The molecule has 0 aliphatic heterocycles. The Labute approximate surface area is 115 Å². The van der Waals surface area contributed by atoms with Crippen LogP contribution in [0.5, 0.6) is 0 Å². The molecule has 0 amide bonds. The fraction of sp³-hybridized carbons (Fsp3) is 0.500. The molecule has 0 aromatic heterocycles. The number of nitro groups is 1. The van der Waals surface area contributed by atoms with Crippen molar-refractivity contribution in [3.05, 3.63) is 32.8 Å². The van der Waals surface area contributed by atoms with Crippen molar-refractivity contribution >= 4 is 27.3 Å². The number of nitro benzene ring substituents is 1. The first-order valence-electron chi connectivity index (χ1n) is 5.65. The van der Waals surface area contributed by atoms with Gasteiger partial charge in [-0.1, -0.05) is 13.8 Å². The van der Waals surface area contributed by atoms with Crippen molar-refractivity contribution in [3.8, 4) is 0 Å². The summed E-state index contributed by atoms with van der Waals surface area (Å²) in [5.41, 5.74) is 0.900. The van der Waals surface area contributed by atoms with Gasteiger partial charge in [-0.15, -0.1) is 0 Å². The van der Waals surface area contributed by atoms with Gasteiger partial charge in [-0.2, -0.15) is 0 Å². The Morgan fingerprint density at radius 3 is 2.61 bits per heavy atom. The average molecular weight is 317 g/mol. The van der Waals surface area contributed by atoms with Crippen molar-refractivity contribution < 1.29 is 9.66 Å². The summed E-state index contributed by atoms with van der Waals surface area (Å²) < 4.78 is 5.83. The largest absolute Gasteiger partial charge is 0.383 e. The zero-order valence-corrected chi connectivity index (χ0v) is 12.2. The van der Waals surface area contributed by atoms with E-state index in [-0.39, 0.29) is 11.7 Å². The minimum Gasteiger partial charge on any atom is -0.383 e. The van der Waals surface area contributed by atoms with Gasteiger partial charge in [0.25, 0.3) is 5.69 Å². The first kappa shape index (κ1) is 14.9. The van der Waals surface area contributed by atoms with E-state index in [9.17, 15) is 10.1 Å². The number of nitrogens with one attached hydrogen (secondary N) is 1. The lowest BCUT2D eigenvalue weighted by molar-refractivity contribution is -0.384. The van der Waals surface area contributed by atoms with E-state index >= 15 is 0 Å². The van der Waals surface area contributed by atoms with Crippen molar-refractivity contribution in [3.63, 3.8) is 0 Å². The molecule has 0 radical (unpaired) electrons. The predicted molar refractivity (Wildman–Crippen MR) is 74.9 cm³/mol. The maximum absolute atomic E-state index is 10.6. The molecule has 5 nitrogen and oxygen atoms in total. The molecule has 0 bridgehead atoms. The molecule has 0 fully saturated rings. The summed E-state index contributed by atoms with van der Waals surface area (Å²) in [7, 11) is 1.65. The van der Waals surface area contributed by atoms with Crippen molar-refractivity contribution in [2.45, 2.75) is 19.9 Å². The number of anilines is 1. The second kappa shape index (κ2) is 6.70. The predicted octanol–water partition coefficient (Wildman–Crippen LogP) is 3.44. The quantitative estimate of drug-likeness (QED) is 0.645. The lowest BCUT2D eigenvalue weighted by Crippen LogP contribution is -2.30. The fourth-order valence-electron chi connectivity index (χ4n) is 1.51. The molecule has 0 aliphatic carbocycles. The van der Waals surface area contributed by atoms with E-state index < -0.39 is 4.92 Å². The number of hydrogen-bond donors (Lipinski definition) is 1. The number of benzene rings is 1. The molecule has 0 aliphatic rings. The minimum absolute atomic E-state index is 0.0697. The summed E-state index contributed by atoms with van der Waals surface area (Å²) in [5, 5.41) is 14.0. The molecule has 1 atom stereocenters. The Kier molecular flexibility index (Phi) is 5.55. The van der Waals surface area contributed by atoms with Gasteiger partial charge < -0.3 is 10.1 Å². The number of non-ortho nitro benzene ring substituents is 1. The Hall–Kier alpha value is -1.14. The SMILES string of the molecule is COCC(Nc1ccc([N+](=O)[O-])cc1Br)C(C)C. The summed E-state index contributed by atoms with van der Waals surface area (Å²) in [6.45, 7) is 4.77. The molecule has 1 unspecified atom stereocenters. The van der Waals surface area contributed by atoms with Crippen molar-refractivity contribution in [2.75, 3.05) is 19.0 Å². The molecule has 0 saturated heterocycles. The minimum atomic E-state index is -0.413. The Morgan fingerprint density at radius 1 is 1.50 bits per heavy atom. The fourth-order valence-corrected chi connectivity index (χ4v) is 2.00. The summed E-state index contributed by atoms with van der Waals surface area (Å²) in [6, 6.07) is 4.84. The molecule has 0 saturated carbocycles. The van der Waals surface area contributed by atoms with Crippen LogP contribution in [0.4, 0.5) is 11.4 Å². The van der Waals surface area contributed by atoms with Crippen LogP contribution in [0, 0.1) is 16.0 Å². The molecular weight excluding hydrogens is 300 g/mol. The number of ether oxygens (including phenoxy) is 1. The van der Waals surface area contributed by atoms with Crippen LogP contribution in [-0.2, 0) is 4.74 Å². The zero-order valence-electron chi connectivity index (χ0n) is 10.6. The van der Waals surface area contributed by atoms with Crippen LogP contribution in [0.1, 0.15) is 13.8 Å². The second-order valence-corrected chi connectivity index (χ2v) is 5.23. The monoisotopic (exact) mass is 316 g/mol. The van der Waals surface area contributed by atoms with Crippen LogP contribution >= 0.6 is 15.9 Å². The smallest absolute Gasteiger partial charge is 0.270 e. The maximum atomic E-state index is 10.6. The molecular formula is C12H17BrN2O3. The molecule has 0 spiro atoms. The third kappa shape index (κ3) is 3.96. The third-order valence-electron chi connectivity index (χ3n) is 2.66. The van der Waals surface area contributed by atoms with E-state index in [1.807, 2.05) is 0 Å². The van der Waals surface area contributed by atoms with Gasteiger partial charge in [0, 0.05) is 29.4 Å². The Balaban J connectivity index is 2.86. The first-order chi connectivity index (χ1) is 8.45. The molecule has 1 aromatic rings. The third-order valence-corrected chi connectivity index (χ3v) is 3.31. The van der Waals surface area contributed by atoms with Crippen LogP contribution in [0.2, 0.25) is 0 Å². The number of rotatable bonds is 6. The Morgan fingerprint density at radius 2 is 2.17 bits per heavy atom. The summed E-state index contributed by atoms with van der Waals surface area (Å²) in [4.78, 5) is 10.2. The van der Waals surface area contributed by atoms with Crippen molar-refractivity contribution in [1.29, 1.82) is 0 Å². The maximum Gasteiger partial charge on any atom is 0.270 e.